The van der Waals surface area contributed by atoms with Crippen molar-refractivity contribution in [1.29, 1.82) is 0 Å². The third-order valence-corrected chi connectivity index (χ3v) is 2.62. The molecule has 0 aromatic carbocycles. The van der Waals surface area contributed by atoms with E-state index in [4.69, 9.17) is 16.3 Å². The summed E-state index contributed by atoms with van der Waals surface area (Å²) in [5.41, 5.74) is 0.946. The highest BCUT2D eigenvalue weighted by molar-refractivity contribution is 6.19. The summed E-state index contributed by atoms with van der Waals surface area (Å²) in [7, 11) is 1.56. The first-order chi connectivity index (χ1) is 7.67. The Morgan fingerprint density at radius 1 is 1.69 bits per heavy atom. The average molecular weight is 243 g/mol. The van der Waals surface area contributed by atoms with Gasteiger partial charge in [-0.3, -0.25) is 4.79 Å². The number of alkyl halides is 1. The van der Waals surface area contributed by atoms with E-state index in [9.17, 15) is 4.79 Å². The van der Waals surface area contributed by atoms with Crippen LogP contribution in [0.15, 0.2) is 18.3 Å². The number of carbonyl (C=O) groups excluding carboxylic acids is 1. The highest BCUT2D eigenvalue weighted by Gasteiger charge is 2.10. The van der Waals surface area contributed by atoms with Gasteiger partial charge >= 0.3 is 0 Å². The fourth-order valence-electron chi connectivity index (χ4n) is 1.11. The summed E-state index contributed by atoms with van der Waals surface area (Å²) in [6.07, 6.45) is 1.64. The predicted octanol–water partition coefficient (Wildman–Crippen LogP) is 1.58. The van der Waals surface area contributed by atoms with Gasteiger partial charge in [-0.2, -0.15) is 0 Å². The molecule has 16 heavy (non-hydrogen) atoms. The number of carbonyl (C=O) groups is 1. The number of aromatic nitrogens is 1. The fraction of sp³-hybridized carbons (Fsp3) is 0.455. The Bertz CT molecular complexity index is 358. The summed E-state index contributed by atoms with van der Waals surface area (Å²) in [5.74, 6) is 0.638. The van der Waals surface area contributed by atoms with Crippen molar-refractivity contribution in [2.75, 3.05) is 13.0 Å². The lowest BCUT2D eigenvalue weighted by Gasteiger charge is -2.09. The lowest BCUT2D eigenvalue weighted by atomic mass is 10.2. The minimum atomic E-state index is -0.176. The molecule has 1 atom stereocenters. The van der Waals surface area contributed by atoms with Crippen LogP contribution in [-0.2, 0) is 11.3 Å². The van der Waals surface area contributed by atoms with Crippen LogP contribution in [0, 0.1) is 5.92 Å². The minimum absolute atomic E-state index is 0.0502. The number of ether oxygens (including phenoxy) is 1. The monoisotopic (exact) mass is 242 g/mol. The van der Waals surface area contributed by atoms with Crippen molar-refractivity contribution < 1.29 is 9.53 Å². The Morgan fingerprint density at radius 3 is 3.06 bits per heavy atom. The molecule has 1 N–H and O–H groups in total. The summed E-state index contributed by atoms with van der Waals surface area (Å²) in [6, 6.07) is 3.61. The number of pyridine rings is 1. The Hall–Kier alpha value is -1.29. The van der Waals surface area contributed by atoms with Gasteiger partial charge in [0.1, 0.15) is 0 Å². The number of methoxy groups -OCH3 is 1. The summed E-state index contributed by atoms with van der Waals surface area (Å²) in [5, 5.41) is 2.79. The molecular weight excluding hydrogens is 228 g/mol. The Balaban J connectivity index is 2.51. The van der Waals surface area contributed by atoms with Crippen molar-refractivity contribution in [1.82, 2.24) is 10.3 Å². The van der Waals surface area contributed by atoms with Crippen LogP contribution in [0.3, 0.4) is 0 Å². The number of rotatable bonds is 5. The molecule has 1 unspecified atom stereocenters. The number of hydrogen-bond acceptors (Lipinski definition) is 3. The average Bonchev–Trinajstić information content (AvgIpc) is 2.35. The van der Waals surface area contributed by atoms with Crippen LogP contribution in [0.4, 0.5) is 0 Å². The van der Waals surface area contributed by atoms with Gasteiger partial charge in [-0.05, 0) is 11.6 Å². The summed E-state index contributed by atoms with van der Waals surface area (Å²) in [4.78, 5) is 15.4. The molecule has 0 aliphatic carbocycles. The number of amides is 1. The zero-order chi connectivity index (χ0) is 12.0. The number of hydrogen-bond donors (Lipinski definition) is 1. The van der Waals surface area contributed by atoms with E-state index in [2.05, 4.69) is 10.3 Å². The fourth-order valence-corrected chi connectivity index (χ4v) is 1.25. The van der Waals surface area contributed by atoms with Gasteiger partial charge in [-0.25, -0.2) is 4.98 Å². The van der Waals surface area contributed by atoms with Crippen LogP contribution in [-0.4, -0.2) is 23.9 Å². The molecule has 0 bridgehead atoms. The van der Waals surface area contributed by atoms with E-state index < -0.39 is 0 Å². The Morgan fingerprint density at radius 2 is 2.44 bits per heavy atom. The van der Waals surface area contributed by atoms with Gasteiger partial charge in [-0.15, -0.1) is 11.6 Å². The molecule has 0 aliphatic rings. The Labute approximate surface area is 100.0 Å². The second-order valence-corrected chi connectivity index (χ2v) is 3.79. The summed E-state index contributed by atoms with van der Waals surface area (Å²) < 4.78 is 4.99. The SMILES string of the molecule is COc1cc(CNC(=O)C(C)CCl)ccn1. The predicted molar refractivity (Wildman–Crippen MR) is 62.5 cm³/mol. The van der Waals surface area contributed by atoms with Gasteiger partial charge in [0.15, 0.2) is 0 Å². The van der Waals surface area contributed by atoms with Gasteiger partial charge in [-0.1, -0.05) is 6.92 Å². The molecule has 1 rings (SSSR count). The van der Waals surface area contributed by atoms with Gasteiger partial charge in [0.25, 0.3) is 0 Å². The van der Waals surface area contributed by atoms with Gasteiger partial charge in [0, 0.05) is 30.6 Å². The van der Waals surface area contributed by atoms with Crippen molar-refractivity contribution in [2.24, 2.45) is 5.92 Å². The van der Waals surface area contributed by atoms with Crippen molar-refractivity contribution in [3.05, 3.63) is 23.9 Å². The normalized spacial score (nSPS) is 11.9. The smallest absolute Gasteiger partial charge is 0.224 e. The first-order valence-electron chi connectivity index (χ1n) is 5.00. The minimum Gasteiger partial charge on any atom is -0.481 e. The maximum atomic E-state index is 11.5. The molecule has 1 heterocycles. The van der Waals surface area contributed by atoms with Crippen LogP contribution in [0.5, 0.6) is 5.88 Å². The molecule has 0 radical (unpaired) electrons. The standard InChI is InChI=1S/C11H15ClN2O2/c1-8(6-12)11(15)14-7-9-3-4-13-10(5-9)16-2/h3-5,8H,6-7H2,1-2H3,(H,14,15). The molecule has 0 aliphatic heterocycles. The van der Waals surface area contributed by atoms with Gasteiger partial charge in [0.2, 0.25) is 11.8 Å². The largest absolute Gasteiger partial charge is 0.481 e. The molecule has 0 saturated carbocycles. The molecular formula is C11H15ClN2O2. The molecule has 0 saturated heterocycles. The maximum absolute atomic E-state index is 11.5. The second kappa shape index (κ2) is 6.33. The third kappa shape index (κ3) is 3.70. The number of nitrogens with zero attached hydrogens (tertiary/aromatic N) is 1. The zero-order valence-corrected chi connectivity index (χ0v) is 10.1. The van der Waals surface area contributed by atoms with Crippen LogP contribution in [0.25, 0.3) is 0 Å². The van der Waals surface area contributed by atoms with E-state index in [1.165, 1.54) is 0 Å². The van der Waals surface area contributed by atoms with Crippen LogP contribution >= 0.6 is 11.6 Å². The molecule has 1 aromatic heterocycles. The molecule has 1 aromatic rings. The second-order valence-electron chi connectivity index (χ2n) is 3.48. The highest BCUT2D eigenvalue weighted by Crippen LogP contribution is 2.08. The van der Waals surface area contributed by atoms with E-state index in [1.807, 2.05) is 6.07 Å². The van der Waals surface area contributed by atoms with Crippen molar-refractivity contribution in [2.45, 2.75) is 13.5 Å². The first-order valence-corrected chi connectivity index (χ1v) is 5.53. The maximum Gasteiger partial charge on any atom is 0.224 e. The summed E-state index contributed by atoms with van der Waals surface area (Å²) in [6.45, 7) is 2.24. The van der Waals surface area contributed by atoms with Crippen LogP contribution in [0.1, 0.15) is 12.5 Å². The lowest BCUT2D eigenvalue weighted by Crippen LogP contribution is -2.29. The third-order valence-electron chi connectivity index (χ3n) is 2.15. The molecule has 0 fully saturated rings. The molecule has 88 valence electrons. The molecule has 1 amide bonds. The number of halogens is 1. The van der Waals surface area contributed by atoms with E-state index in [-0.39, 0.29) is 11.8 Å². The molecule has 0 spiro atoms. The van der Waals surface area contributed by atoms with E-state index >= 15 is 0 Å². The topological polar surface area (TPSA) is 51.2 Å². The Kier molecular flexibility index (Phi) is 5.05. The van der Waals surface area contributed by atoms with Crippen molar-refractivity contribution in [3.63, 3.8) is 0 Å². The van der Waals surface area contributed by atoms with Crippen molar-refractivity contribution in [3.8, 4) is 5.88 Å². The quantitative estimate of drug-likeness (QED) is 0.798. The summed E-state index contributed by atoms with van der Waals surface area (Å²) >= 11 is 5.59. The van der Waals surface area contributed by atoms with Crippen LogP contribution < -0.4 is 10.1 Å². The van der Waals surface area contributed by atoms with Gasteiger partial charge < -0.3 is 10.1 Å². The highest BCUT2D eigenvalue weighted by atomic mass is 35.5. The van der Waals surface area contributed by atoms with E-state index in [1.54, 1.807) is 26.3 Å². The number of nitrogens with one attached hydrogen (secondary N) is 1. The van der Waals surface area contributed by atoms with E-state index in [0.29, 0.717) is 18.3 Å². The van der Waals surface area contributed by atoms with Crippen LogP contribution in [0.2, 0.25) is 0 Å². The van der Waals surface area contributed by atoms with Crippen molar-refractivity contribution >= 4 is 17.5 Å². The lowest BCUT2D eigenvalue weighted by molar-refractivity contribution is -0.124. The van der Waals surface area contributed by atoms with E-state index in [0.717, 1.165) is 5.56 Å². The molecule has 5 heteroatoms. The van der Waals surface area contributed by atoms with Gasteiger partial charge in [0.05, 0.1) is 7.11 Å². The molecule has 4 nitrogen and oxygen atoms in total. The first kappa shape index (κ1) is 12.8. The zero-order valence-electron chi connectivity index (χ0n) is 9.37.